The molecule has 2 aliphatic heterocycles. The Morgan fingerprint density at radius 1 is 1.00 bits per heavy atom. The summed E-state index contributed by atoms with van der Waals surface area (Å²) in [5, 5.41) is 0. The first-order valence-corrected chi connectivity index (χ1v) is 10.5. The van der Waals surface area contributed by atoms with E-state index in [4.69, 9.17) is 9.47 Å². The first kappa shape index (κ1) is 18.4. The Kier molecular flexibility index (Phi) is 5.74. The van der Waals surface area contributed by atoms with Crippen LogP contribution in [0.4, 0.5) is 10.1 Å². The van der Waals surface area contributed by atoms with Crippen molar-refractivity contribution < 1.29 is 13.9 Å². The molecule has 0 spiro atoms. The van der Waals surface area contributed by atoms with Crippen LogP contribution in [0.2, 0.25) is 0 Å². The van der Waals surface area contributed by atoms with E-state index < -0.39 is 0 Å². The number of nitrogens with zero attached hydrogens (tertiary/aromatic N) is 2. The average molecular weight is 389 g/mol. The zero-order valence-corrected chi connectivity index (χ0v) is 16.3. The minimum Gasteiger partial charge on any atom is -0.497 e. The molecule has 0 aromatic heterocycles. The molecule has 2 aromatic carbocycles. The number of methoxy groups -OCH3 is 1. The molecular weight excluding hydrogens is 363 g/mol. The van der Waals surface area contributed by atoms with Crippen LogP contribution < -0.4 is 14.4 Å². The Morgan fingerprint density at radius 2 is 1.67 bits per heavy atom. The Labute approximate surface area is 164 Å². The minimum absolute atomic E-state index is 0.104. The van der Waals surface area contributed by atoms with Crippen LogP contribution in [0.5, 0.6) is 11.5 Å². The summed E-state index contributed by atoms with van der Waals surface area (Å²) in [5.41, 5.74) is 1.19. The fourth-order valence-corrected chi connectivity index (χ4v) is 4.63. The van der Waals surface area contributed by atoms with Gasteiger partial charge in [0.2, 0.25) is 0 Å². The highest BCUT2D eigenvalue weighted by Crippen LogP contribution is 2.32. The summed E-state index contributed by atoms with van der Waals surface area (Å²) in [5.74, 6) is 3.74. The smallest absolute Gasteiger partial charge is 0.138 e. The molecule has 2 atom stereocenters. The third-order valence-electron chi connectivity index (χ3n) is 5.26. The largest absolute Gasteiger partial charge is 0.497 e. The normalized spacial score (nSPS) is 23.0. The van der Waals surface area contributed by atoms with E-state index in [1.165, 1.54) is 29.3 Å². The van der Waals surface area contributed by atoms with Crippen molar-refractivity contribution in [3.63, 3.8) is 0 Å². The van der Waals surface area contributed by atoms with Gasteiger partial charge in [-0.15, -0.1) is 0 Å². The van der Waals surface area contributed by atoms with Crippen molar-refractivity contribution in [2.75, 3.05) is 49.7 Å². The molecule has 2 saturated heterocycles. The summed E-state index contributed by atoms with van der Waals surface area (Å²) < 4.78 is 24.6. The summed E-state index contributed by atoms with van der Waals surface area (Å²) in [6.45, 7) is 4.07. The Morgan fingerprint density at radius 3 is 2.33 bits per heavy atom. The van der Waals surface area contributed by atoms with Gasteiger partial charge in [0.25, 0.3) is 0 Å². The molecule has 0 radical (unpaired) electrons. The zero-order valence-electron chi connectivity index (χ0n) is 15.5. The molecule has 0 unspecified atom stereocenters. The number of thioether (sulfide) groups is 1. The van der Waals surface area contributed by atoms with Crippen LogP contribution in [0.3, 0.4) is 0 Å². The van der Waals surface area contributed by atoms with Gasteiger partial charge in [0.15, 0.2) is 0 Å². The van der Waals surface area contributed by atoms with E-state index in [1.807, 2.05) is 23.9 Å². The lowest BCUT2D eigenvalue weighted by Gasteiger charge is -2.50. The fourth-order valence-electron chi connectivity index (χ4n) is 3.65. The van der Waals surface area contributed by atoms with Gasteiger partial charge in [-0.25, -0.2) is 4.39 Å². The van der Waals surface area contributed by atoms with Gasteiger partial charge >= 0.3 is 0 Å². The van der Waals surface area contributed by atoms with Crippen molar-refractivity contribution in [2.45, 2.75) is 12.1 Å². The standard InChI is InChI=1S/C21H25FN2O2S/c1-25-18-8-4-17(5-9-18)24-15-21(26-19-6-2-16(22)3-7-19)20(24)14-23-10-12-27-13-11-23/h2-9,20-21H,10-15H2,1H3/t20-,21-/m1/s1. The van der Waals surface area contributed by atoms with Gasteiger partial charge in [-0.1, -0.05) is 0 Å². The predicted octanol–water partition coefficient (Wildman–Crippen LogP) is 3.52. The molecule has 0 N–H and O–H groups in total. The second kappa shape index (κ2) is 8.40. The molecule has 4 rings (SSSR count). The van der Waals surface area contributed by atoms with Crippen LogP contribution >= 0.6 is 11.8 Å². The third kappa shape index (κ3) is 4.33. The number of rotatable bonds is 6. The summed E-state index contributed by atoms with van der Waals surface area (Å²) in [6.07, 6.45) is 0.104. The van der Waals surface area contributed by atoms with Crippen LogP contribution in [-0.2, 0) is 0 Å². The maximum Gasteiger partial charge on any atom is 0.138 e. The van der Waals surface area contributed by atoms with Gasteiger partial charge in [-0.2, -0.15) is 11.8 Å². The van der Waals surface area contributed by atoms with E-state index >= 15 is 0 Å². The number of hydrogen-bond acceptors (Lipinski definition) is 5. The number of halogens is 1. The van der Waals surface area contributed by atoms with Crippen LogP contribution in [-0.4, -0.2) is 61.8 Å². The van der Waals surface area contributed by atoms with Crippen molar-refractivity contribution in [1.82, 2.24) is 4.90 Å². The fraction of sp³-hybridized carbons (Fsp3) is 0.429. The molecule has 144 valence electrons. The number of ether oxygens (including phenoxy) is 2. The molecule has 2 fully saturated rings. The molecule has 27 heavy (non-hydrogen) atoms. The van der Waals surface area contributed by atoms with Crippen LogP contribution in [0, 0.1) is 5.82 Å². The first-order chi connectivity index (χ1) is 13.2. The van der Waals surface area contributed by atoms with Gasteiger partial charge in [0.05, 0.1) is 19.7 Å². The highest BCUT2D eigenvalue weighted by molar-refractivity contribution is 7.99. The van der Waals surface area contributed by atoms with Crippen molar-refractivity contribution in [2.24, 2.45) is 0 Å². The van der Waals surface area contributed by atoms with Crippen LogP contribution in [0.1, 0.15) is 0 Å². The lowest BCUT2D eigenvalue weighted by atomic mass is 9.96. The molecule has 0 saturated carbocycles. The number of anilines is 1. The maximum absolute atomic E-state index is 13.2. The van der Waals surface area contributed by atoms with Crippen molar-refractivity contribution >= 4 is 17.4 Å². The third-order valence-corrected chi connectivity index (χ3v) is 6.20. The Bertz CT molecular complexity index is 735. The van der Waals surface area contributed by atoms with Crippen molar-refractivity contribution in [3.8, 4) is 11.5 Å². The molecule has 4 nitrogen and oxygen atoms in total. The lowest BCUT2D eigenvalue weighted by Crippen LogP contribution is -2.66. The SMILES string of the molecule is COc1ccc(N2C[C@@H](Oc3ccc(F)cc3)[C@H]2CN2CCSCC2)cc1. The predicted molar refractivity (Wildman–Crippen MR) is 109 cm³/mol. The summed E-state index contributed by atoms with van der Waals surface area (Å²) in [7, 11) is 1.68. The van der Waals surface area contributed by atoms with Gasteiger partial charge in [-0.05, 0) is 48.5 Å². The number of hydrogen-bond donors (Lipinski definition) is 0. The van der Waals surface area contributed by atoms with Crippen molar-refractivity contribution in [1.29, 1.82) is 0 Å². The molecule has 0 amide bonds. The zero-order chi connectivity index (χ0) is 18.6. The summed E-state index contributed by atoms with van der Waals surface area (Å²) >= 11 is 2.02. The Hall–Kier alpha value is -1.92. The van der Waals surface area contributed by atoms with Crippen molar-refractivity contribution in [3.05, 3.63) is 54.3 Å². The first-order valence-electron chi connectivity index (χ1n) is 9.36. The van der Waals surface area contributed by atoms with Gasteiger partial charge in [0.1, 0.15) is 23.4 Å². The van der Waals surface area contributed by atoms with E-state index in [-0.39, 0.29) is 18.0 Å². The second-order valence-electron chi connectivity index (χ2n) is 6.94. The molecular formula is C21H25FN2O2S. The van der Waals surface area contributed by atoms with E-state index in [0.29, 0.717) is 0 Å². The molecule has 2 aromatic rings. The monoisotopic (exact) mass is 388 g/mol. The molecule has 2 heterocycles. The topological polar surface area (TPSA) is 24.9 Å². The van der Waals surface area contributed by atoms with E-state index in [0.717, 1.165) is 37.7 Å². The molecule has 2 aliphatic rings. The van der Waals surface area contributed by atoms with Crippen LogP contribution in [0.15, 0.2) is 48.5 Å². The molecule has 6 heteroatoms. The Balaban J connectivity index is 1.47. The van der Waals surface area contributed by atoms with E-state index in [2.05, 4.69) is 21.9 Å². The summed E-state index contributed by atoms with van der Waals surface area (Å²) in [4.78, 5) is 4.92. The van der Waals surface area contributed by atoms with Crippen LogP contribution in [0.25, 0.3) is 0 Å². The van der Waals surface area contributed by atoms with Gasteiger partial charge < -0.3 is 14.4 Å². The highest BCUT2D eigenvalue weighted by atomic mass is 32.2. The lowest BCUT2D eigenvalue weighted by molar-refractivity contribution is 0.0905. The highest BCUT2D eigenvalue weighted by Gasteiger charge is 2.42. The van der Waals surface area contributed by atoms with E-state index in [1.54, 1.807) is 19.2 Å². The van der Waals surface area contributed by atoms with Gasteiger partial charge in [0, 0.05) is 36.8 Å². The second-order valence-corrected chi connectivity index (χ2v) is 8.17. The van der Waals surface area contributed by atoms with Gasteiger partial charge in [-0.3, -0.25) is 4.90 Å². The molecule has 0 aliphatic carbocycles. The molecule has 0 bridgehead atoms. The number of benzene rings is 2. The average Bonchev–Trinajstić information content (AvgIpc) is 2.71. The quantitative estimate of drug-likeness (QED) is 0.754. The van der Waals surface area contributed by atoms with E-state index in [9.17, 15) is 4.39 Å². The minimum atomic E-state index is -0.238. The maximum atomic E-state index is 13.2. The summed E-state index contributed by atoms with van der Waals surface area (Å²) in [6, 6.07) is 14.8.